The summed E-state index contributed by atoms with van der Waals surface area (Å²) in [6, 6.07) is 16.2. The zero-order valence-electron chi connectivity index (χ0n) is 15.5. The third-order valence-corrected chi connectivity index (χ3v) is 4.17. The molecular weight excluding hydrogens is 383 g/mol. The van der Waals surface area contributed by atoms with Gasteiger partial charge in [-0.05, 0) is 24.3 Å². The maximum absolute atomic E-state index is 14.8. The standard InChI is InChI=1S/C21H19FO7/c1-13(23)27-21-17(22)18(29-20(25)15-10-6-3-7-11-15)16(28-21)12-26-19(24)14-8-4-2-5-9-14/h2-11,16-18,21H,12H2,1H3/t16-,17-,18+,21?/m1/s1. The number of carbonyl (C=O) groups is 3. The summed E-state index contributed by atoms with van der Waals surface area (Å²) in [4.78, 5) is 35.6. The van der Waals surface area contributed by atoms with E-state index in [4.69, 9.17) is 18.9 Å². The highest BCUT2D eigenvalue weighted by Crippen LogP contribution is 2.29. The fraction of sp³-hybridized carbons (Fsp3) is 0.286. The number of carbonyl (C=O) groups excluding carboxylic acids is 3. The van der Waals surface area contributed by atoms with E-state index < -0.39 is 49.2 Å². The molecule has 1 aliphatic heterocycles. The molecule has 0 aromatic heterocycles. The molecule has 3 rings (SSSR count). The summed E-state index contributed by atoms with van der Waals surface area (Å²) in [5.74, 6) is -2.17. The van der Waals surface area contributed by atoms with E-state index in [1.807, 2.05) is 0 Å². The molecule has 0 radical (unpaired) electrons. The number of ether oxygens (including phenoxy) is 4. The highest BCUT2D eigenvalue weighted by Gasteiger charge is 2.50. The molecule has 8 heteroatoms. The lowest BCUT2D eigenvalue weighted by atomic mass is 10.1. The van der Waals surface area contributed by atoms with E-state index in [2.05, 4.69) is 0 Å². The molecule has 29 heavy (non-hydrogen) atoms. The number of hydrogen-bond acceptors (Lipinski definition) is 7. The number of benzene rings is 2. The molecule has 7 nitrogen and oxygen atoms in total. The molecule has 152 valence electrons. The van der Waals surface area contributed by atoms with Gasteiger partial charge in [0.2, 0.25) is 12.5 Å². The Morgan fingerprint density at radius 3 is 2.00 bits per heavy atom. The van der Waals surface area contributed by atoms with Crippen LogP contribution in [0.1, 0.15) is 27.6 Å². The number of halogens is 1. The van der Waals surface area contributed by atoms with E-state index in [9.17, 15) is 18.8 Å². The summed E-state index contributed by atoms with van der Waals surface area (Å²) in [6.07, 6.45) is -6.07. The van der Waals surface area contributed by atoms with Crippen LogP contribution < -0.4 is 0 Å². The van der Waals surface area contributed by atoms with Crippen LogP contribution in [0.3, 0.4) is 0 Å². The Labute approximate surface area is 166 Å². The summed E-state index contributed by atoms with van der Waals surface area (Å²) in [5.41, 5.74) is 0.521. The fourth-order valence-electron chi connectivity index (χ4n) is 2.80. The molecule has 0 aliphatic carbocycles. The first kappa shape index (κ1) is 20.5. The minimum atomic E-state index is -1.94. The van der Waals surface area contributed by atoms with Gasteiger partial charge in [-0.25, -0.2) is 14.0 Å². The van der Waals surface area contributed by atoms with Crippen LogP contribution in [0.25, 0.3) is 0 Å². The number of esters is 3. The first-order chi connectivity index (χ1) is 14.0. The summed E-state index contributed by atoms with van der Waals surface area (Å²) < 4.78 is 35.3. The van der Waals surface area contributed by atoms with Crippen LogP contribution in [0.4, 0.5) is 4.39 Å². The topological polar surface area (TPSA) is 88.1 Å². The van der Waals surface area contributed by atoms with Gasteiger partial charge in [0.25, 0.3) is 0 Å². The summed E-state index contributed by atoms with van der Waals surface area (Å²) in [7, 11) is 0. The second kappa shape index (κ2) is 9.29. The van der Waals surface area contributed by atoms with Crippen molar-refractivity contribution < 1.29 is 37.7 Å². The molecule has 1 fully saturated rings. The first-order valence-electron chi connectivity index (χ1n) is 8.90. The summed E-state index contributed by atoms with van der Waals surface area (Å²) in [5, 5.41) is 0. The predicted octanol–water partition coefficient (Wildman–Crippen LogP) is 2.70. The average Bonchev–Trinajstić information content (AvgIpc) is 3.01. The van der Waals surface area contributed by atoms with E-state index >= 15 is 0 Å². The molecule has 1 heterocycles. The van der Waals surface area contributed by atoms with Crippen molar-refractivity contribution in [2.24, 2.45) is 0 Å². The van der Waals surface area contributed by atoms with Gasteiger partial charge in [0, 0.05) is 6.92 Å². The minimum Gasteiger partial charge on any atom is -0.459 e. The lowest BCUT2D eigenvalue weighted by molar-refractivity contribution is -0.182. The van der Waals surface area contributed by atoms with E-state index in [0.29, 0.717) is 5.56 Å². The highest BCUT2D eigenvalue weighted by molar-refractivity contribution is 5.90. The molecule has 0 amide bonds. The quantitative estimate of drug-likeness (QED) is 0.542. The van der Waals surface area contributed by atoms with E-state index in [0.717, 1.165) is 6.92 Å². The van der Waals surface area contributed by atoms with Crippen LogP contribution in [0.15, 0.2) is 60.7 Å². The minimum absolute atomic E-state index is 0.218. The Hall–Kier alpha value is -3.26. The number of rotatable bonds is 6. The predicted molar refractivity (Wildman–Crippen MR) is 97.7 cm³/mol. The van der Waals surface area contributed by atoms with Crippen molar-refractivity contribution in [1.82, 2.24) is 0 Å². The molecule has 4 atom stereocenters. The molecule has 0 saturated carbocycles. The molecule has 1 aliphatic rings. The lowest BCUT2D eigenvalue weighted by Gasteiger charge is -2.19. The van der Waals surface area contributed by atoms with Gasteiger partial charge in [0.15, 0.2) is 6.10 Å². The van der Waals surface area contributed by atoms with Crippen LogP contribution in [0.5, 0.6) is 0 Å². The van der Waals surface area contributed by atoms with E-state index in [1.165, 1.54) is 12.1 Å². The Kier molecular flexibility index (Phi) is 6.56. The zero-order chi connectivity index (χ0) is 20.8. The van der Waals surface area contributed by atoms with Crippen molar-refractivity contribution in [2.75, 3.05) is 6.61 Å². The Morgan fingerprint density at radius 2 is 1.45 bits per heavy atom. The van der Waals surface area contributed by atoms with E-state index in [-0.39, 0.29) is 5.56 Å². The van der Waals surface area contributed by atoms with Gasteiger partial charge in [-0.15, -0.1) is 0 Å². The molecule has 1 saturated heterocycles. The molecule has 2 aromatic rings. The highest BCUT2D eigenvalue weighted by atomic mass is 19.1. The third kappa shape index (κ3) is 5.17. The van der Waals surface area contributed by atoms with Gasteiger partial charge >= 0.3 is 17.9 Å². The van der Waals surface area contributed by atoms with Gasteiger partial charge < -0.3 is 18.9 Å². The Bertz CT molecular complexity index is 856. The first-order valence-corrected chi connectivity index (χ1v) is 8.90. The van der Waals surface area contributed by atoms with Gasteiger partial charge in [-0.2, -0.15) is 0 Å². The number of alkyl halides is 1. The number of hydrogen-bond donors (Lipinski definition) is 0. The molecule has 1 unspecified atom stereocenters. The summed E-state index contributed by atoms with van der Waals surface area (Å²) >= 11 is 0. The molecule has 0 N–H and O–H groups in total. The second-order valence-electron chi connectivity index (χ2n) is 6.30. The van der Waals surface area contributed by atoms with Crippen LogP contribution in [-0.4, -0.2) is 49.2 Å². The maximum atomic E-state index is 14.8. The van der Waals surface area contributed by atoms with Crippen LogP contribution in [-0.2, 0) is 23.7 Å². The maximum Gasteiger partial charge on any atom is 0.338 e. The normalized spacial score (nSPS) is 23.2. The van der Waals surface area contributed by atoms with E-state index in [1.54, 1.807) is 48.5 Å². The Morgan fingerprint density at radius 1 is 0.897 bits per heavy atom. The van der Waals surface area contributed by atoms with Crippen LogP contribution >= 0.6 is 0 Å². The van der Waals surface area contributed by atoms with Gasteiger partial charge in [0.1, 0.15) is 12.7 Å². The second-order valence-corrected chi connectivity index (χ2v) is 6.30. The monoisotopic (exact) mass is 402 g/mol. The average molecular weight is 402 g/mol. The fourth-order valence-corrected chi connectivity index (χ4v) is 2.80. The van der Waals surface area contributed by atoms with Crippen molar-refractivity contribution in [3.05, 3.63) is 71.8 Å². The third-order valence-electron chi connectivity index (χ3n) is 4.17. The van der Waals surface area contributed by atoms with Crippen LogP contribution in [0.2, 0.25) is 0 Å². The molecule has 0 bridgehead atoms. The van der Waals surface area contributed by atoms with Crippen LogP contribution in [0, 0.1) is 0 Å². The molecular formula is C21H19FO7. The van der Waals surface area contributed by atoms with Crippen molar-refractivity contribution >= 4 is 17.9 Å². The smallest absolute Gasteiger partial charge is 0.338 e. The van der Waals surface area contributed by atoms with Crippen molar-refractivity contribution in [3.63, 3.8) is 0 Å². The molecule has 0 spiro atoms. The zero-order valence-corrected chi connectivity index (χ0v) is 15.5. The van der Waals surface area contributed by atoms with Crippen molar-refractivity contribution in [2.45, 2.75) is 31.6 Å². The SMILES string of the molecule is CC(=O)OC1O[C@H](COC(=O)c2ccccc2)[C@H](OC(=O)c2ccccc2)[C@H]1F. The molecule has 2 aromatic carbocycles. The van der Waals surface area contributed by atoms with Crippen molar-refractivity contribution in [3.8, 4) is 0 Å². The van der Waals surface area contributed by atoms with Crippen molar-refractivity contribution in [1.29, 1.82) is 0 Å². The lowest BCUT2D eigenvalue weighted by Crippen LogP contribution is -2.37. The van der Waals surface area contributed by atoms with Gasteiger partial charge in [-0.1, -0.05) is 36.4 Å². The summed E-state index contributed by atoms with van der Waals surface area (Å²) in [6.45, 7) is 0.711. The van der Waals surface area contributed by atoms with Gasteiger partial charge in [0.05, 0.1) is 11.1 Å². The Balaban J connectivity index is 1.70. The van der Waals surface area contributed by atoms with Gasteiger partial charge in [-0.3, -0.25) is 4.79 Å². The largest absolute Gasteiger partial charge is 0.459 e.